The third-order valence-corrected chi connectivity index (χ3v) is 7.93. The Bertz CT molecular complexity index is 1290. The van der Waals surface area contributed by atoms with Crippen molar-refractivity contribution in [3.63, 3.8) is 0 Å². The number of hydrogen-bond acceptors (Lipinski definition) is 8. The molecule has 0 aliphatic carbocycles. The molecule has 4 rings (SSSR count). The van der Waals surface area contributed by atoms with Crippen molar-refractivity contribution in [3.05, 3.63) is 69.3 Å². The fraction of sp³-hybridized carbons (Fsp3) is 0.448. The number of nitrogens with one attached hydrogen (secondary N) is 1. The van der Waals surface area contributed by atoms with Gasteiger partial charge in [0.1, 0.15) is 24.0 Å². The lowest BCUT2D eigenvalue weighted by Crippen LogP contribution is -2.38. The van der Waals surface area contributed by atoms with E-state index >= 15 is 0 Å². The molecule has 2 aliphatic rings. The largest absolute Gasteiger partial charge is 0.507 e. The number of hydroxylamine groups is 1. The zero-order chi connectivity index (χ0) is 28.1. The number of ether oxygens (including phenoxy) is 2. The van der Waals surface area contributed by atoms with Crippen molar-refractivity contribution in [1.29, 1.82) is 0 Å². The normalized spacial score (nSPS) is 17.8. The summed E-state index contributed by atoms with van der Waals surface area (Å²) in [5, 5.41) is 14.1. The maximum absolute atomic E-state index is 12.6. The zero-order valence-electron chi connectivity index (χ0n) is 22.8. The molecule has 2 atom stereocenters. The van der Waals surface area contributed by atoms with Crippen molar-refractivity contribution in [1.82, 2.24) is 10.2 Å². The van der Waals surface area contributed by atoms with Gasteiger partial charge in [0.15, 0.2) is 11.8 Å². The fourth-order valence-electron chi connectivity index (χ4n) is 5.08. The maximum Gasteiger partial charge on any atom is 0.342 e. The van der Waals surface area contributed by atoms with E-state index < -0.39 is 26.6 Å². The third-order valence-electron chi connectivity index (χ3n) is 7.34. The van der Waals surface area contributed by atoms with E-state index in [1.807, 2.05) is 45.0 Å². The lowest BCUT2D eigenvalue weighted by Gasteiger charge is -2.23. The number of aromatic hydroxyl groups is 1. The number of cyclic esters (lactones) is 1. The van der Waals surface area contributed by atoms with Crippen molar-refractivity contribution in [3.8, 4) is 11.5 Å². The third kappa shape index (κ3) is 6.32. The van der Waals surface area contributed by atoms with Crippen LogP contribution in [-0.4, -0.2) is 47.1 Å². The summed E-state index contributed by atoms with van der Waals surface area (Å²) >= 11 is 0. The summed E-state index contributed by atoms with van der Waals surface area (Å²) in [7, 11) is -0.465. The molecular formula is C29H35N2O7P. The van der Waals surface area contributed by atoms with Crippen LogP contribution in [0.5, 0.6) is 11.5 Å². The summed E-state index contributed by atoms with van der Waals surface area (Å²) in [4.78, 5) is 31.8. The fourth-order valence-corrected chi connectivity index (χ4v) is 5.43. The van der Waals surface area contributed by atoms with E-state index in [1.54, 1.807) is 13.0 Å². The minimum absolute atomic E-state index is 0.00193. The minimum Gasteiger partial charge on any atom is -0.507 e. The average Bonchev–Trinajstić information content (AvgIpc) is 3.58. The van der Waals surface area contributed by atoms with E-state index in [0.29, 0.717) is 25.1 Å². The van der Waals surface area contributed by atoms with E-state index in [4.69, 9.17) is 14.3 Å². The quantitative estimate of drug-likeness (QED) is 0.176. The Morgan fingerprint density at radius 1 is 1.33 bits per heavy atom. The van der Waals surface area contributed by atoms with Crippen LogP contribution >= 0.6 is 8.61 Å². The molecular weight excluding hydrogens is 519 g/mol. The van der Waals surface area contributed by atoms with Crippen LogP contribution in [0.2, 0.25) is 0 Å². The summed E-state index contributed by atoms with van der Waals surface area (Å²) in [6, 6.07) is 6.49. The van der Waals surface area contributed by atoms with E-state index in [-0.39, 0.29) is 24.0 Å². The first-order chi connectivity index (χ1) is 18.7. The maximum atomic E-state index is 12.6. The monoisotopic (exact) mass is 554 g/mol. The number of phenols is 1. The summed E-state index contributed by atoms with van der Waals surface area (Å²) in [5.41, 5.74) is 5.65. The van der Waals surface area contributed by atoms with E-state index in [1.165, 1.54) is 0 Å². The van der Waals surface area contributed by atoms with Crippen molar-refractivity contribution in [2.45, 2.75) is 72.1 Å². The van der Waals surface area contributed by atoms with Gasteiger partial charge in [-0.1, -0.05) is 36.8 Å². The van der Waals surface area contributed by atoms with Crippen LogP contribution in [0, 0.1) is 6.92 Å². The van der Waals surface area contributed by atoms with Crippen LogP contribution < -0.4 is 10.2 Å². The molecule has 9 nitrogen and oxygen atoms in total. The summed E-state index contributed by atoms with van der Waals surface area (Å²) in [6.07, 6.45) is 4.28. The molecule has 39 heavy (non-hydrogen) atoms. The predicted octanol–water partition coefficient (Wildman–Crippen LogP) is 4.76. The van der Waals surface area contributed by atoms with Gasteiger partial charge in [-0.25, -0.2) is 4.79 Å². The highest BCUT2D eigenvalue weighted by Gasteiger charge is 2.31. The van der Waals surface area contributed by atoms with Crippen LogP contribution in [-0.2, 0) is 44.7 Å². The number of hydrogen-bond donors (Lipinski definition) is 2. The van der Waals surface area contributed by atoms with E-state index in [9.17, 15) is 19.3 Å². The Morgan fingerprint density at radius 3 is 2.79 bits per heavy atom. The van der Waals surface area contributed by atoms with Crippen LogP contribution in [0.3, 0.4) is 0 Å². The Hall–Kier alpha value is -3.26. The van der Waals surface area contributed by atoms with Gasteiger partial charge in [-0.2, -0.15) is 0 Å². The molecule has 2 aliphatic heterocycles. The van der Waals surface area contributed by atoms with Crippen LogP contribution in [0.1, 0.15) is 65.4 Å². The molecule has 208 valence electrons. The molecule has 0 saturated carbocycles. The first-order valence-corrected chi connectivity index (χ1v) is 14.0. The van der Waals surface area contributed by atoms with Gasteiger partial charge in [0.05, 0.1) is 0 Å². The highest BCUT2D eigenvalue weighted by molar-refractivity contribution is 7.20. The summed E-state index contributed by atoms with van der Waals surface area (Å²) in [5.74, 6) is -0.506. The Labute approximate surface area is 230 Å². The first-order valence-electron chi connectivity index (χ1n) is 13.2. The molecule has 2 aromatic carbocycles. The van der Waals surface area contributed by atoms with Crippen LogP contribution in [0.15, 0.2) is 35.9 Å². The minimum atomic E-state index is -0.875. The van der Waals surface area contributed by atoms with Crippen LogP contribution in [0.4, 0.5) is 0 Å². The molecule has 2 N–H and O–H groups in total. The van der Waals surface area contributed by atoms with Crippen molar-refractivity contribution < 1.29 is 33.6 Å². The number of allylic oxidation sites excluding steroid dienone is 2. The lowest BCUT2D eigenvalue weighted by atomic mass is 9.89. The molecule has 10 heteroatoms. The average molecular weight is 555 g/mol. The highest BCUT2D eigenvalue weighted by atomic mass is 31.1. The van der Waals surface area contributed by atoms with Gasteiger partial charge in [-0.05, 0) is 75.0 Å². The topological polar surface area (TPSA) is 114 Å². The predicted molar refractivity (Wildman–Crippen MR) is 146 cm³/mol. The molecule has 0 unspecified atom stereocenters. The number of para-hydroxylation sites is 1. The van der Waals surface area contributed by atoms with Gasteiger partial charge in [-0.15, -0.1) is 0 Å². The zero-order valence-corrected chi connectivity index (χ0v) is 23.7. The van der Waals surface area contributed by atoms with Crippen molar-refractivity contribution in [2.75, 3.05) is 13.1 Å². The molecule has 2 aromatic rings. The first kappa shape index (κ1) is 28.7. The second kappa shape index (κ2) is 12.7. The number of esters is 2. The summed E-state index contributed by atoms with van der Waals surface area (Å²) < 4.78 is 22.6. The van der Waals surface area contributed by atoms with E-state index in [0.717, 1.165) is 57.6 Å². The molecule has 0 spiro atoms. The summed E-state index contributed by atoms with van der Waals surface area (Å²) in [6.45, 7) is 9.17. The van der Waals surface area contributed by atoms with Gasteiger partial charge in [0.2, 0.25) is 0 Å². The second-order valence-electron chi connectivity index (χ2n) is 9.96. The van der Waals surface area contributed by atoms with Gasteiger partial charge in [-0.3, -0.25) is 9.36 Å². The Balaban J connectivity index is 1.49. The van der Waals surface area contributed by atoms with E-state index in [2.05, 4.69) is 5.32 Å². The Morgan fingerprint density at radius 2 is 2.10 bits per heavy atom. The molecule has 0 radical (unpaired) electrons. The van der Waals surface area contributed by atoms with Crippen molar-refractivity contribution >= 4 is 20.5 Å². The number of nitrogens with zero attached hydrogens (tertiary/aromatic N) is 1. The number of rotatable bonds is 11. The molecule has 0 bridgehead atoms. The molecule has 1 saturated heterocycles. The number of carbonyl (C=O) groups excluding carboxylic acids is 2. The standard InChI is InChI=1S/C29H35N2O7P/c1-5-22-18(3)24-16-36-29(34)26(24)27(32)23(22)11-10-17(2)14-20-8-6-7-9-25(20)38-31(39-35)19(4)28(33)37-21-12-13-30-15-21/h6-10,19,21,30,32H,5,11-16H2,1-4H3/t19-,21-/m0/s1. The van der Waals surface area contributed by atoms with Crippen LogP contribution in [0.25, 0.3) is 0 Å². The van der Waals surface area contributed by atoms with Crippen molar-refractivity contribution in [2.24, 2.45) is 0 Å². The highest BCUT2D eigenvalue weighted by Crippen LogP contribution is 2.38. The van der Waals surface area contributed by atoms with Gasteiger partial charge >= 0.3 is 11.9 Å². The van der Waals surface area contributed by atoms with Gasteiger partial charge in [0.25, 0.3) is 8.61 Å². The molecule has 0 aromatic heterocycles. The smallest absolute Gasteiger partial charge is 0.342 e. The molecule has 1 fully saturated rings. The van der Waals surface area contributed by atoms with Gasteiger partial charge in [0, 0.05) is 23.2 Å². The SMILES string of the molecule is CCc1c(C)c2c(c(O)c1CC=C(C)Cc1ccccc1ON(P=O)[C@@H](C)C(=O)O[C@H]1CCNC1)C(=O)OC2. The number of benzene rings is 2. The molecule has 2 heterocycles. The van der Waals surface area contributed by atoms with Gasteiger partial charge < -0.3 is 24.7 Å². The number of carbonyl (C=O) groups is 2. The number of phenolic OH excluding ortho intramolecular Hbond substituents is 1. The lowest BCUT2D eigenvalue weighted by molar-refractivity contribution is -0.158. The molecule has 0 amide bonds. The second-order valence-corrected chi connectivity index (χ2v) is 10.5. The number of fused-ring (bicyclic) bond motifs is 1. The Kier molecular flexibility index (Phi) is 9.38.